The van der Waals surface area contributed by atoms with Gasteiger partial charge >= 0.3 is 0 Å². The first-order valence-electron chi connectivity index (χ1n) is 12.6. The number of carbonyl (C=O) groups excluding carboxylic acids is 1. The first-order chi connectivity index (χ1) is 19.0. The van der Waals surface area contributed by atoms with Crippen molar-refractivity contribution >= 4 is 23.0 Å². The molecule has 5 rings (SSSR count). The molecule has 0 unspecified atom stereocenters. The molecule has 3 aromatic heterocycles. The van der Waals surface area contributed by atoms with Crippen LogP contribution in [0.3, 0.4) is 0 Å². The third kappa shape index (κ3) is 4.86. The molecule has 0 saturated carbocycles. The lowest BCUT2D eigenvalue weighted by Gasteiger charge is -2.15. The second-order valence-electron chi connectivity index (χ2n) is 8.73. The molecular weight excluding hydrogens is 498 g/mol. The number of nitrogens with zero attached hydrogens (tertiary/aromatic N) is 6. The van der Waals surface area contributed by atoms with Gasteiger partial charge in [-0.25, -0.2) is 9.97 Å². The highest BCUT2D eigenvalue weighted by Gasteiger charge is 2.22. The van der Waals surface area contributed by atoms with Crippen LogP contribution in [0.1, 0.15) is 35.6 Å². The highest BCUT2D eigenvalue weighted by Crippen LogP contribution is 2.39. The average Bonchev–Trinajstić information content (AvgIpc) is 3.55. The van der Waals surface area contributed by atoms with Crippen LogP contribution in [0.2, 0.25) is 0 Å². The molecule has 0 aliphatic rings. The van der Waals surface area contributed by atoms with Gasteiger partial charge in [0, 0.05) is 30.6 Å². The number of hydrogen-bond donors (Lipinski definition) is 2. The van der Waals surface area contributed by atoms with Crippen LogP contribution in [0.4, 0.5) is 5.95 Å². The number of anilines is 1. The Morgan fingerprint density at radius 3 is 2.56 bits per heavy atom. The molecule has 5 aromatic rings. The maximum absolute atomic E-state index is 13.1. The Morgan fingerprint density at radius 1 is 1.03 bits per heavy atom. The van der Waals surface area contributed by atoms with Crippen molar-refractivity contribution in [2.75, 3.05) is 19.5 Å². The number of benzene rings is 2. The number of rotatable bonds is 9. The van der Waals surface area contributed by atoms with Crippen molar-refractivity contribution in [3.63, 3.8) is 0 Å². The van der Waals surface area contributed by atoms with Gasteiger partial charge in [0.05, 0.1) is 19.7 Å². The van der Waals surface area contributed by atoms with E-state index in [1.54, 1.807) is 36.3 Å². The van der Waals surface area contributed by atoms with Gasteiger partial charge in [-0.15, -0.1) is 5.10 Å². The summed E-state index contributed by atoms with van der Waals surface area (Å²) in [5, 5.41) is 17.8. The van der Waals surface area contributed by atoms with Crippen LogP contribution in [0.15, 0.2) is 54.9 Å². The summed E-state index contributed by atoms with van der Waals surface area (Å²) >= 11 is 0. The first-order valence-corrected chi connectivity index (χ1v) is 12.6. The van der Waals surface area contributed by atoms with Gasteiger partial charge in [0.2, 0.25) is 11.8 Å². The second kappa shape index (κ2) is 10.8. The number of para-hydroxylation sites is 1. The molecule has 0 atom stereocenters. The predicted octanol–water partition coefficient (Wildman–Crippen LogP) is 4.30. The average molecular weight is 528 g/mol. The third-order valence-electron chi connectivity index (χ3n) is 6.48. The first kappa shape index (κ1) is 25.7. The second-order valence-corrected chi connectivity index (χ2v) is 8.73. The minimum absolute atomic E-state index is 0.147. The summed E-state index contributed by atoms with van der Waals surface area (Å²) in [5.41, 5.74) is 3.70. The standard InChI is InChI=1S/C28H29N7O4/c1-5-34-16-29-28(33-34)32-26(37)19-15-20-25(31-27(19)39-4)30-23(35(20)6-2)14-17-10-9-12-21(36)24(17)18-11-7-8-13-22(18)38-3/h7-13,15-16,36H,5-6,14H2,1-4H3,(H,32,33,37). The molecule has 0 aliphatic heterocycles. The summed E-state index contributed by atoms with van der Waals surface area (Å²) in [6.45, 7) is 5.16. The normalized spacial score (nSPS) is 11.1. The monoisotopic (exact) mass is 527 g/mol. The fourth-order valence-corrected chi connectivity index (χ4v) is 4.62. The van der Waals surface area contributed by atoms with Gasteiger partial charge in [-0.05, 0) is 37.6 Å². The number of imidazole rings is 1. The lowest BCUT2D eigenvalue weighted by atomic mass is 9.95. The number of fused-ring (bicyclic) bond motifs is 1. The smallest absolute Gasteiger partial charge is 0.263 e. The van der Waals surface area contributed by atoms with E-state index in [9.17, 15) is 9.90 Å². The summed E-state index contributed by atoms with van der Waals surface area (Å²) in [4.78, 5) is 26.6. The lowest BCUT2D eigenvalue weighted by molar-refractivity contribution is 0.102. The van der Waals surface area contributed by atoms with Gasteiger partial charge in [-0.2, -0.15) is 4.98 Å². The van der Waals surface area contributed by atoms with Crippen molar-refractivity contribution in [3.8, 4) is 28.5 Å². The molecule has 0 saturated heterocycles. The molecule has 2 aromatic carbocycles. The number of methoxy groups -OCH3 is 2. The van der Waals surface area contributed by atoms with Crippen LogP contribution in [0.25, 0.3) is 22.3 Å². The van der Waals surface area contributed by atoms with Crippen LogP contribution in [-0.2, 0) is 19.5 Å². The number of ether oxygens (including phenoxy) is 2. The zero-order valence-electron chi connectivity index (χ0n) is 22.2. The Labute approximate surface area is 225 Å². The number of carbonyl (C=O) groups is 1. The number of aromatic hydroxyl groups is 1. The maximum atomic E-state index is 13.1. The SMILES string of the molecule is CCn1cnc(NC(=O)c2cc3c(nc2OC)nc(Cc2cccc(O)c2-c2ccccc2OC)n3CC)n1. The zero-order chi connectivity index (χ0) is 27.5. The van der Waals surface area contributed by atoms with E-state index < -0.39 is 5.91 Å². The van der Waals surface area contributed by atoms with E-state index in [-0.39, 0.29) is 23.1 Å². The number of phenolic OH excluding ortho intramolecular Hbond substituents is 1. The van der Waals surface area contributed by atoms with Gasteiger partial charge in [0.1, 0.15) is 29.2 Å². The highest BCUT2D eigenvalue weighted by molar-refractivity contribution is 6.06. The van der Waals surface area contributed by atoms with Crippen molar-refractivity contribution in [2.24, 2.45) is 0 Å². The quantitative estimate of drug-likeness (QED) is 0.290. The molecule has 0 spiro atoms. The van der Waals surface area contributed by atoms with E-state index in [1.165, 1.54) is 7.11 Å². The zero-order valence-corrected chi connectivity index (χ0v) is 22.2. The van der Waals surface area contributed by atoms with E-state index in [4.69, 9.17) is 14.5 Å². The van der Waals surface area contributed by atoms with Crippen molar-refractivity contribution in [1.82, 2.24) is 29.3 Å². The molecule has 2 N–H and O–H groups in total. The number of phenols is 1. The van der Waals surface area contributed by atoms with E-state index in [1.807, 2.05) is 48.7 Å². The summed E-state index contributed by atoms with van der Waals surface area (Å²) in [5.74, 6) is 1.44. The molecule has 0 fully saturated rings. The number of nitrogens with one attached hydrogen (secondary N) is 1. The Morgan fingerprint density at radius 2 is 1.85 bits per heavy atom. The highest BCUT2D eigenvalue weighted by atomic mass is 16.5. The van der Waals surface area contributed by atoms with Gasteiger partial charge < -0.3 is 19.1 Å². The summed E-state index contributed by atoms with van der Waals surface area (Å²) < 4.78 is 14.6. The van der Waals surface area contributed by atoms with E-state index >= 15 is 0 Å². The number of hydrogen-bond acceptors (Lipinski definition) is 8. The van der Waals surface area contributed by atoms with Crippen LogP contribution < -0.4 is 14.8 Å². The lowest BCUT2D eigenvalue weighted by Crippen LogP contribution is -2.15. The molecule has 0 bridgehead atoms. The van der Waals surface area contributed by atoms with Crippen LogP contribution in [0.5, 0.6) is 17.4 Å². The van der Waals surface area contributed by atoms with E-state index in [2.05, 4.69) is 20.4 Å². The number of amides is 1. The minimum Gasteiger partial charge on any atom is -0.507 e. The largest absolute Gasteiger partial charge is 0.507 e. The van der Waals surface area contributed by atoms with Crippen molar-refractivity contribution in [2.45, 2.75) is 33.4 Å². The van der Waals surface area contributed by atoms with Crippen molar-refractivity contribution < 1.29 is 19.4 Å². The van der Waals surface area contributed by atoms with E-state index in [0.717, 1.165) is 17.0 Å². The maximum Gasteiger partial charge on any atom is 0.263 e. The summed E-state index contributed by atoms with van der Waals surface area (Å²) in [7, 11) is 3.06. The minimum atomic E-state index is -0.438. The van der Waals surface area contributed by atoms with Crippen LogP contribution in [0, 0.1) is 0 Å². The van der Waals surface area contributed by atoms with Gasteiger partial charge in [-0.1, -0.05) is 30.3 Å². The van der Waals surface area contributed by atoms with Crippen molar-refractivity contribution in [1.29, 1.82) is 0 Å². The molecule has 3 heterocycles. The Hall–Kier alpha value is -4.93. The Kier molecular flexibility index (Phi) is 7.13. The Balaban J connectivity index is 1.56. The summed E-state index contributed by atoms with van der Waals surface area (Å²) in [6, 6.07) is 14.7. The van der Waals surface area contributed by atoms with Crippen LogP contribution in [-0.4, -0.2) is 54.5 Å². The number of aryl methyl sites for hydroxylation is 2. The molecule has 0 aliphatic carbocycles. The van der Waals surface area contributed by atoms with Gasteiger partial charge in [-0.3, -0.25) is 14.8 Å². The molecule has 1 amide bonds. The van der Waals surface area contributed by atoms with Crippen LogP contribution >= 0.6 is 0 Å². The third-order valence-corrected chi connectivity index (χ3v) is 6.48. The molecule has 200 valence electrons. The number of aromatic nitrogens is 6. The fraction of sp³-hybridized carbons (Fsp3) is 0.250. The molecule has 11 nitrogen and oxygen atoms in total. The predicted molar refractivity (Wildman–Crippen MR) is 146 cm³/mol. The fourth-order valence-electron chi connectivity index (χ4n) is 4.62. The van der Waals surface area contributed by atoms with E-state index in [0.29, 0.717) is 42.0 Å². The van der Waals surface area contributed by atoms with Crippen molar-refractivity contribution in [3.05, 3.63) is 71.8 Å². The summed E-state index contributed by atoms with van der Waals surface area (Å²) in [6.07, 6.45) is 1.96. The number of pyridine rings is 1. The molecule has 0 radical (unpaired) electrons. The topological polar surface area (TPSA) is 129 Å². The molecule has 39 heavy (non-hydrogen) atoms. The molecular formula is C28H29N7O4. The molecule has 11 heteroatoms. The Bertz CT molecular complexity index is 1660. The van der Waals surface area contributed by atoms with Gasteiger partial charge in [0.25, 0.3) is 5.91 Å². The van der Waals surface area contributed by atoms with Gasteiger partial charge in [0.15, 0.2) is 5.65 Å².